The van der Waals surface area contributed by atoms with Gasteiger partial charge < -0.3 is 15.8 Å². The predicted molar refractivity (Wildman–Crippen MR) is 88.5 cm³/mol. The van der Waals surface area contributed by atoms with Crippen molar-refractivity contribution in [3.05, 3.63) is 36.7 Å². The van der Waals surface area contributed by atoms with Crippen LogP contribution in [0, 0.1) is 5.41 Å². The zero-order chi connectivity index (χ0) is 16.2. The van der Waals surface area contributed by atoms with Crippen molar-refractivity contribution in [2.45, 2.75) is 13.8 Å². The number of azo groups is 1. The van der Waals surface area contributed by atoms with E-state index in [1.807, 2.05) is 59.9 Å². The van der Waals surface area contributed by atoms with Gasteiger partial charge >= 0.3 is 5.95 Å². The fraction of sp³-hybridized carbons (Fsp3) is 0.438. The van der Waals surface area contributed by atoms with Gasteiger partial charge in [-0.3, -0.25) is 0 Å². The molecular weight excluding hydrogens is 295 g/mol. The summed E-state index contributed by atoms with van der Waals surface area (Å²) in [6.45, 7) is 5.68. The highest BCUT2D eigenvalue weighted by atomic mass is 19.0. The van der Waals surface area contributed by atoms with Crippen molar-refractivity contribution < 1.29 is 9.27 Å². The van der Waals surface area contributed by atoms with Crippen molar-refractivity contribution in [2.75, 3.05) is 18.4 Å². The summed E-state index contributed by atoms with van der Waals surface area (Å²) in [6, 6.07) is 7.90. The summed E-state index contributed by atoms with van der Waals surface area (Å²) in [5, 5.41) is 12.1. The molecule has 2 rings (SSSR count). The molecule has 0 saturated heterocycles. The first-order valence-corrected chi connectivity index (χ1v) is 7.38. The third kappa shape index (κ3) is 4.85. The number of benzene rings is 1. The summed E-state index contributed by atoms with van der Waals surface area (Å²) >= 11 is 0. The number of nitrogens with zero attached hydrogens (tertiary/aromatic N) is 4. The second-order valence-electron chi connectivity index (χ2n) is 6.26. The molecule has 23 heavy (non-hydrogen) atoms. The molecule has 0 aliphatic carbocycles. The first-order valence-electron chi connectivity index (χ1n) is 7.38. The molecule has 1 heterocycles. The number of nitrogens with one attached hydrogen (secondary N) is 1. The van der Waals surface area contributed by atoms with E-state index in [2.05, 4.69) is 29.4 Å². The normalized spacial score (nSPS) is 11.5. The topological polar surface area (TPSA) is 71.6 Å². The largest absolute Gasteiger partial charge is 1.00 e. The van der Waals surface area contributed by atoms with Gasteiger partial charge in [0.1, 0.15) is 5.69 Å². The Kier molecular flexibility index (Phi) is 6.38. The molecule has 3 N–H and O–H groups in total. The third-order valence-electron chi connectivity index (χ3n) is 3.61. The molecule has 6 nitrogen and oxygen atoms in total. The summed E-state index contributed by atoms with van der Waals surface area (Å²) in [5.74, 6) is 0.789. The average molecular weight is 320 g/mol. The van der Waals surface area contributed by atoms with Crippen molar-refractivity contribution in [3.63, 3.8) is 0 Å². The average Bonchev–Trinajstić information content (AvgIpc) is 2.83. The van der Waals surface area contributed by atoms with Gasteiger partial charge in [0.05, 0.1) is 32.2 Å². The van der Waals surface area contributed by atoms with Crippen molar-refractivity contribution in [2.24, 2.45) is 35.5 Å². The molecule has 0 unspecified atom stereocenters. The molecule has 2 aromatic rings. The Labute approximate surface area is 136 Å². The van der Waals surface area contributed by atoms with E-state index in [0.717, 1.165) is 23.9 Å². The van der Waals surface area contributed by atoms with E-state index >= 15 is 0 Å². The number of aryl methyl sites for hydroxylation is 2. The van der Waals surface area contributed by atoms with Crippen LogP contribution in [0.25, 0.3) is 0 Å². The molecule has 1 aromatic carbocycles. The lowest BCUT2D eigenvalue weighted by atomic mass is 9.94. The maximum absolute atomic E-state index is 5.78. The molecule has 0 fully saturated rings. The minimum absolute atomic E-state index is 0. The molecule has 0 aliphatic heterocycles. The van der Waals surface area contributed by atoms with Gasteiger partial charge in [0.25, 0.3) is 0 Å². The molecule has 0 saturated carbocycles. The Balaban J connectivity index is 0.00000264. The first kappa shape index (κ1) is 18.8. The van der Waals surface area contributed by atoms with Gasteiger partial charge in [-0.15, -0.1) is 0 Å². The lowest BCUT2D eigenvalue weighted by Gasteiger charge is -2.23. The van der Waals surface area contributed by atoms with Gasteiger partial charge in [-0.2, -0.15) is 0 Å². The summed E-state index contributed by atoms with van der Waals surface area (Å²) in [6.07, 6.45) is 3.89. The van der Waals surface area contributed by atoms with Crippen molar-refractivity contribution in [1.82, 2.24) is 4.57 Å². The van der Waals surface area contributed by atoms with Gasteiger partial charge in [0, 0.05) is 11.7 Å². The lowest BCUT2D eigenvalue weighted by molar-refractivity contribution is -0.657. The molecule has 126 valence electrons. The summed E-state index contributed by atoms with van der Waals surface area (Å²) < 4.78 is 3.86. The van der Waals surface area contributed by atoms with Gasteiger partial charge in [-0.25, -0.2) is 9.13 Å². The monoisotopic (exact) mass is 320 g/mol. The van der Waals surface area contributed by atoms with E-state index in [1.54, 1.807) is 0 Å². The van der Waals surface area contributed by atoms with Gasteiger partial charge in [-0.1, -0.05) is 31.1 Å². The van der Waals surface area contributed by atoms with Gasteiger partial charge in [-0.05, 0) is 24.1 Å². The quantitative estimate of drug-likeness (QED) is 0.565. The van der Waals surface area contributed by atoms with Crippen LogP contribution in [-0.2, 0) is 14.1 Å². The number of hydrogen-bond acceptors (Lipinski definition) is 4. The zero-order valence-electron chi connectivity index (χ0n) is 14.1. The number of nitrogens with two attached hydrogens (primary N) is 1. The second-order valence-corrected chi connectivity index (χ2v) is 6.26. The first-order chi connectivity index (χ1) is 10.4. The Morgan fingerprint density at radius 2 is 1.96 bits per heavy atom. The highest BCUT2D eigenvalue weighted by Gasteiger charge is 2.16. The van der Waals surface area contributed by atoms with Crippen LogP contribution in [0.2, 0.25) is 0 Å². The lowest BCUT2D eigenvalue weighted by Crippen LogP contribution is -3.00. The number of rotatable bonds is 6. The molecule has 0 atom stereocenters. The van der Waals surface area contributed by atoms with E-state index in [-0.39, 0.29) is 10.1 Å². The number of hydrogen-bond donors (Lipinski definition) is 2. The number of para-hydroxylation sites is 1. The molecule has 0 spiro atoms. The highest BCUT2D eigenvalue weighted by Crippen LogP contribution is 2.27. The summed E-state index contributed by atoms with van der Waals surface area (Å²) in [5.41, 5.74) is 7.59. The Bertz CT molecular complexity index is 643. The Morgan fingerprint density at radius 1 is 1.26 bits per heavy atom. The summed E-state index contributed by atoms with van der Waals surface area (Å²) in [7, 11) is 3.89. The molecular formula is C16H25FN6. The molecule has 0 radical (unpaired) electrons. The van der Waals surface area contributed by atoms with Crippen LogP contribution in [0.4, 0.5) is 17.3 Å². The molecule has 1 aromatic heterocycles. The highest BCUT2D eigenvalue weighted by molar-refractivity contribution is 5.64. The fourth-order valence-electron chi connectivity index (χ4n) is 1.94. The number of imidazole rings is 1. The van der Waals surface area contributed by atoms with E-state index < -0.39 is 0 Å². The van der Waals surface area contributed by atoms with E-state index in [0.29, 0.717) is 6.54 Å². The maximum atomic E-state index is 5.78. The third-order valence-corrected chi connectivity index (χ3v) is 3.61. The molecule has 0 amide bonds. The fourth-order valence-corrected chi connectivity index (χ4v) is 1.94. The minimum Gasteiger partial charge on any atom is -1.00 e. The summed E-state index contributed by atoms with van der Waals surface area (Å²) in [4.78, 5) is 0. The van der Waals surface area contributed by atoms with Crippen molar-refractivity contribution in [3.8, 4) is 0 Å². The van der Waals surface area contributed by atoms with E-state index in [1.165, 1.54) is 0 Å². The predicted octanol–water partition coefficient (Wildman–Crippen LogP) is -0.334. The Morgan fingerprint density at radius 3 is 2.57 bits per heavy atom. The van der Waals surface area contributed by atoms with Crippen LogP contribution < -0.4 is 20.3 Å². The van der Waals surface area contributed by atoms with Gasteiger partial charge in [0.15, 0.2) is 0 Å². The van der Waals surface area contributed by atoms with Crippen LogP contribution in [0.1, 0.15) is 13.8 Å². The van der Waals surface area contributed by atoms with Crippen molar-refractivity contribution in [1.29, 1.82) is 0 Å². The standard InChI is InChI=1S/C16H24N6.FH/c1-16(2,11-17)12-18-13-7-5-6-8-14(13)19-20-15-21(3)9-10-22(15)4;/h5-10H,11-12,17H2,1-4H3;1H. The number of anilines is 1. The van der Waals surface area contributed by atoms with Gasteiger partial charge in [0.2, 0.25) is 0 Å². The molecule has 7 heteroatoms. The zero-order valence-corrected chi connectivity index (χ0v) is 14.1. The molecule has 0 bridgehead atoms. The van der Waals surface area contributed by atoms with Crippen LogP contribution >= 0.6 is 0 Å². The molecule has 0 aliphatic rings. The maximum Gasteiger partial charge on any atom is 0.421 e. The SMILES string of the molecule is Cn1cc[n+](C)c1N=Nc1ccccc1NCC(C)(C)CN.[F-]. The van der Waals surface area contributed by atoms with Crippen LogP contribution in [0.5, 0.6) is 0 Å². The number of aromatic nitrogens is 2. The van der Waals surface area contributed by atoms with Crippen LogP contribution in [0.15, 0.2) is 46.9 Å². The Hall–Kier alpha value is -2.28. The minimum atomic E-state index is 0. The second kappa shape index (κ2) is 7.82. The van der Waals surface area contributed by atoms with Crippen molar-refractivity contribution >= 4 is 17.3 Å². The van der Waals surface area contributed by atoms with Crippen LogP contribution in [-0.4, -0.2) is 17.7 Å². The smallest absolute Gasteiger partial charge is 0.421 e. The number of halogens is 1. The van der Waals surface area contributed by atoms with E-state index in [9.17, 15) is 0 Å². The van der Waals surface area contributed by atoms with E-state index in [4.69, 9.17) is 5.73 Å². The van der Waals surface area contributed by atoms with Crippen LogP contribution in [0.3, 0.4) is 0 Å².